The van der Waals surface area contributed by atoms with Crippen molar-refractivity contribution in [3.05, 3.63) is 5.82 Å². The third-order valence-corrected chi connectivity index (χ3v) is 2.11. The second kappa shape index (κ2) is 6.31. The first-order chi connectivity index (χ1) is 9.19. The summed E-state index contributed by atoms with van der Waals surface area (Å²) in [6, 6.07) is -0.848. The maximum Gasteiger partial charge on any atom is 0.408 e. The van der Waals surface area contributed by atoms with Crippen molar-refractivity contribution in [1.29, 1.82) is 0 Å². The Morgan fingerprint density at radius 3 is 2.45 bits per heavy atom. The molecule has 2 atom stereocenters. The Labute approximate surface area is 116 Å². The Balaban J connectivity index is 2.45. The number of aromatic amines is 1. The predicted molar refractivity (Wildman–Crippen MR) is 67.5 cm³/mol. The quantitative estimate of drug-likeness (QED) is 0.782. The van der Waals surface area contributed by atoms with Crippen LogP contribution in [-0.4, -0.2) is 44.3 Å². The summed E-state index contributed by atoms with van der Waals surface area (Å²) >= 11 is 0. The first-order valence-electron chi connectivity index (χ1n) is 6.12. The van der Waals surface area contributed by atoms with Crippen molar-refractivity contribution in [3.63, 3.8) is 0 Å². The summed E-state index contributed by atoms with van der Waals surface area (Å²) in [7, 11) is 0. The first kappa shape index (κ1) is 15.9. The lowest BCUT2D eigenvalue weighted by Gasteiger charge is -2.21. The minimum Gasteiger partial charge on any atom is -0.453 e. The van der Waals surface area contributed by atoms with Crippen LogP contribution in [-0.2, 0) is 14.3 Å². The van der Waals surface area contributed by atoms with Crippen LogP contribution < -0.4 is 5.32 Å². The molecule has 0 fully saturated rings. The van der Waals surface area contributed by atoms with Crippen molar-refractivity contribution < 1.29 is 19.1 Å². The summed E-state index contributed by atoms with van der Waals surface area (Å²) in [5.41, 5.74) is -0.633. The molecule has 0 aliphatic heterocycles. The summed E-state index contributed by atoms with van der Waals surface area (Å²) in [5, 5.41) is 15.4. The molecular formula is C11H19N5O4. The van der Waals surface area contributed by atoms with E-state index in [0.29, 0.717) is 0 Å². The van der Waals surface area contributed by atoms with E-state index in [4.69, 9.17) is 9.47 Å². The number of nitrogens with one attached hydrogen (secondary N) is 2. The maximum atomic E-state index is 11.8. The highest BCUT2D eigenvalue weighted by atomic mass is 16.6. The average molecular weight is 285 g/mol. The number of H-pyrrole nitrogens is 1. The van der Waals surface area contributed by atoms with Gasteiger partial charge in [0.05, 0.1) is 0 Å². The van der Waals surface area contributed by atoms with Gasteiger partial charge in [0.25, 0.3) is 0 Å². The Hall–Kier alpha value is -2.19. The predicted octanol–water partition coefficient (Wildman–Crippen LogP) is 0.717. The molecule has 0 aromatic carbocycles. The van der Waals surface area contributed by atoms with Crippen LogP contribution in [0, 0.1) is 0 Å². The van der Waals surface area contributed by atoms with Gasteiger partial charge in [-0.3, -0.25) is 0 Å². The molecule has 0 saturated heterocycles. The zero-order valence-corrected chi connectivity index (χ0v) is 12.1. The van der Waals surface area contributed by atoms with E-state index in [0.717, 1.165) is 0 Å². The van der Waals surface area contributed by atoms with Gasteiger partial charge >= 0.3 is 12.1 Å². The summed E-state index contributed by atoms with van der Waals surface area (Å²) in [6.07, 6.45) is -1.35. The molecule has 1 unspecified atom stereocenters. The van der Waals surface area contributed by atoms with Gasteiger partial charge < -0.3 is 14.8 Å². The molecule has 112 valence electrons. The molecule has 0 aliphatic rings. The molecule has 1 rings (SSSR count). The van der Waals surface area contributed by atoms with E-state index in [2.05, 4.69) is 25.9 Å². The van der Waals surface area contributed by atoms with Crippen LogP contribution >= 0.6 is 0 Å². The fraction of sp³-hybridized carbons (Fsp3) is 0.727. The van der Waals surface area contributed by atoms with Crippen molar-refractivity contribution in [2.24, 2.45) is 0 Å². The zero-order valence-electron chi connectivity index (χ0n) is 12.1. The summed E-state index contributed by atoms with van der Waals surface area (Å²) < 4.78 is 10.1. The Morgan fingerprint density at radius 2 is 1.95 bits per heavy atom. The summed E-state index contributed by atoms with van der Waals surface area (Å²) in [4.78, 5) is 23.3. The lowest BCUT2D eigenvalue weighted by atomic mass is 10.2. The number of carbonyl (C=O) groups excluding carboxylic acids is 2. The fourth-order valence-corrected chi connectivity index (χ4v) is 1.21. The van der Waals surface area contributed by atoms with Crippen LogP contribution in [0.1, 0.15) is 46.5 Å². The maximum absolute atomic E-state index is 11.8. The van der Waals surface area contributed by atoms with E-state index < -0.39 is 29.8 Å². The van der Waals surface area contributed by atoms with Crippen LogP contribution in [0.2, 0.25) is 0 Å². The molecular weight excluding hydrogens is 266 g/mol. The van der Waals surface area contributed by atoms with E-state index in [1.165, 1.54) is 6.92 Å². The highest BCUT2D eigenvalue weighted by molar-refractivity contribution is 5.81. The molecule has 9 nitrogen and oxygen atoms in total. The van der Waals surface area contributed by atoms with E-state index >= 15 is 0 Å². The highest BCUT2D eigenvalue weighted by Crippen LogP contribution is 2.11. The number of hydrogen-bond donors (Lipinski definition) is 2. The van der Waals surface area contributed by atoms with Crippen molar-refractivity contribution in [1.82, 2.24) is 25.9 Å². The van der Waals surface area contributed by atoms with E-state index in [1.54, 1.807) is 27.7 Å². The van der Waals surface area contributed by atoms with E-state index in [-0.39, 0.29) is 5.82 Å². The van der Waals surface area contributed by atoms with Crippen molar-refractivity contribution >= 4 is 12.1 Å². The molecule has 1 heterocycles. The van der Waals surface area contributed by atoms with Gasteiger partial charge in [-0.2, -0.15) is 5.21 Å². The van der Waals surface area contributed by atoms with Crippen molar-refractivity contribution in [2.45, 2.75) is 52.4 Å². The number of rotatable bonds is 4. The second-order valence-corrected chi connectivity index (χ2v) is 5.22. The number of ether oxygens (including phenoxy) is 2. The number of aromatic nitrogens is 4. The molecule has 1 aromatic heterocycles. The number of esters is 1. The number of tetrazole rings is 1. The third kappa shape index (κ3) is 5.21. The van der Waals surface area contributed by atoms with Crippen LogP contribution in [0.15, 0.2) is 0 Å². The molecule has 0 saturated carbocycles. The molecule has 20 heavy (non-hydrogen) atoms. The third-order valence-electron chi connectivity index (χ3n) is 2.11. The number of alkyl carbamates (subject to hydrolysis) is 1. The molecule has 0 bridgehead atoms. The standard InChI is InChI=1S/C11H19N5O4/c1-6(12-10(18)20-11(3,4)5)9(17)19-7(2)8-13-15-16-14-8/h6-7H,1-5H3,(H,12,18)(H,13,14,15,16)/t6-,7?/m0/s1. The molecule has 1 aromatic rings. The number of nitrogens with zero attached hydrogens (tertiary/aromatic N) is 3. The van der Waals surface area contributed by atoms with Gasteiger partial charge in [0.15, 0.2) is 6.10 Å². The highest BCUT2D eigenvalue weighted by Gasteiger charge is 2.24. The number of hydrogen-bond acceptors (Lipinski definition) is 7. The van der Waals surface area contributed by atoms with Gasteiger partial charge in [-0.15, -0.1) is 10.2 Å². The van der Waals surface area contributed by atoms with Crippen molar-refractivity contribution in [2.75, 3.05) is 0 Å². The largest absolute Gasteiger partial charge is 0.453 e. The summed E-state index contributed by atoms with van der Waals surface area (Å²) in [5.74, 6) is -0.365. The molecule has 9 heteroatoms. The van der Waals surface area contributed by atoms with Gasteiger partial charge in [0.1, 0.15) is 11.6 Å². The monoisotopic (exact) mass is 285 g/mol. The first-order valence-corrected chi connectivity index (χ1v) is 6.12. The van der Waals surface area contributed by atoms with Gasteiger partial charge in [0.2, 0.25) is 5.82 Å². The van der Waals surface area contributed by atoms with Crippen LogP contribution in [0.25, 0.3) is 0 Å². The van der Waals surface area contributed by atoms with Gasteiger partial charge in [-0.25, -0.2) is 9.59 Å². The smallest absolute Gasteiger partial charge is 0.408 e. The van der Waals surface area contributed by atoms with Crippen LogP contribution in [0.5, 0.6) is 0 Å². The average Bonchev–Trinajstić information content (AvgIpc) is 2.79. The van der Waals surface area contributed by atoms with Gasteiger partial charge in [0, 0.05) is 0 Å². The van der Waals surface area contributed by atoms with Gasteiger partial charge in [-0.1, -0.05) is 5.21 Å². The molecule has 0 aliphatic carbocycles. The SMILES string of the molecule is CC(OC(=O)[C@H](C)NC(=O)OC(C)(C)C)c1nn[nH]n1. The second-order valence-electron chi connectivity index (χ2n) is 5.22. The lowest BCUT2D eigenvalue weighted by Crippen LogP contribution is -2.42. The Bertz CT molecular complexity index is 454. The number of amides is 1. The van der Waals surface area contributed by atoms with Crippen molar-refractivity contribution in [3.8, 4) is 0 Å². The molecule has 2 N–H and O–H groups in total. The zero-order chi connectivity index (χ0) is 15.3. The van der Waals surface area contributed by atoms with Crippen LogP contribution in [0.3, 0.4) is 0 Å². The minimum absolute atomic E-state index is 0.253. The molecule has 0 spiro atoms. The van der Waals surface area contributed by atoms with Crippen LogP contribution in [0.4, 0.5) is 4.79 Å². The van der Waals surface area contributed by atoms with E-state index in [1.807, 2.05) is 0 Å². The lowest BCUT2D eigenvalue weighted by molar-refractivity contribution is -0.151. The topological polar surface area (TPSA) is 119 Å². The molecule has 0 radical (unpaired) electrons. The normalized spacial score (nSPS) is 14.2. The minimum atomic E-state index is -0.848. The Kier molecular flexibility index (Phi) is 5.00. The molecule has 1 amide bonds. The van der Waals surface area contributed by atoms with Gasteiger partial charge in [-0.05, 0) is 34.6 Å². The van der Waals surface area contributed by atoms with E-state index in [9.17, 15) is 9.59 Å². The summed E-state index contributed by atoms with van der Waals surface area (Å²) in [6.45, 7) is 8.29. The fourth-order valence-electron chi connectivity index (χ4n) is 1.21. The number of carbonyl (C=O) groups is 2. The Morgan fingerprint density at radius 1 is 1.30 bits per heavy atom.